The molecule has 5 heteroatoms. The summed E-state index contributed by atoms with van der Waals surface area (Å²) < 4.78 is 6.47. The number of nitrogens with zero attached hydrogens (tertiary/aromatic N) is 1. The minimum absolute atomic E-state index is 0.161. The maximum Gasteiger partial charge on any atom is 0.261 e. The maximum atomic E-state index is 12.0. The molecule has 0 saturated heterocycles. The summed E-state index contributed by atoms with van der Waals surface area (Å²) in [6.45, 7) is 4.09. The van der Waals surface area contributed by atoms with Gasteiger partial charge in [0.05, 0.1) is 4.47 Å². The van der Waals surface area contributed by atoms with Crippen molar-refractivity contribution in [2.45, 2.75) is 26.5 Å². The Morgan fingerprint density at radius 3 is 2.76 bits per heavy atom. The molecule has 1 atom stereocenters. The van der Waals surface area contributed by atoms with Crippen LogP contribution in [-0.2, 0) is 11.3 Å². The van der Waals surface area contributed by atoms with Crippen molar-refractivity contribution in [1.29, 1.82) is 0 Å². The molecule has 21 heavy (non-hydrogen) atoms. The van der Waals surface area contributed by atoms with Crippen molar-refractivity contribution in [3.8, 4) is 5.75 Å². The van der Waals surface area contributed by atoms with Gasteiger partial charge in [-0.25, -0.2) is 0 Å². The molecule has 0 aliphatic heterocycles. The summed E-state index contributed by atoms with van der Waals surface area (Å²) in [6, 6.07) is 11.3. The number of hydrogen-bond donors (Lipinski definition) is 1. The Labute approximate surface area is 132 Å². The zero-order valence-corrected chi connectivity index (χ0v) is 13.6. The zero-order valence-electron chi connectivity index (χ0n) is 12.0. The Morgan fingerprint density at radius 2 is 2.10 bits per heavy atom. The Hall–Kier alpha value is -1.88. The average molecular weight is 349 g/mol. The van der Waals surface area contributed by atoms with Crippen LogP contribution in [-0.4, -0.2) is 17.0 Å². The number of ether oxygens (including phenoxy) is 1. The Kier molecular flexibility index (Phi) is 5.33. The summed E-state index contributed by atoms with van der Waals surface area (Å²) in [4.78, 5) is 16.2. The monoisotopic (exact) mass is 348 g/mol. The van der Waals surface area contributed by atoms with Gasteiger partial charge in [0.15, 0.2) is 6.10 Å². The van der Waals surface area contributed by atoms with Crippen molar-refractivity contribution in [3.05, 3.63) is 58.3 Å². The number of pyridine rings is 1. The lowest BCUT2D eigenvalue weighted by Crippen LogP contribution is -2.36. The lowest BCUT2D eigenvalue weighted by molar-refractivity contribution is -0.127. The third kappa shape index (κ3) is 4.56. The molecule has 0 fully saturated rings. The highest BCUT2D eigenvalue weighted by Gasteiger charge is 2.15. The number of rotatable bonds is 5. The molecule has 4 nitrogen and oxygen atoms in total. The van der Waals surface area contributed by atoms with Crippen LogP contribution in [0.5, 0.6) is 5.75 Å². The first kappa shape index (κ1) is 15.5. The Bertz CT molecular complexity index is 614. The highest BCUT2D eigenvalue weighted by atomic mass is 79.9. The summed E-state index contributed by atoms with van der Waals surface area (Å²) in [5.74, 6) is 0.489. The van der Waals surface area contributed by atoms with Crippen LogP contribution >= 0.6 is 15.9 Å². The van der Waals surface area contributed by atoms with Gasteiger partial charge in [-0.15, -0.1) is 0 Å². The van der Waals surface area contributed by atoms with Crippen molar-refractivity contribution < 1.29 is 9.53 Å². The zero-order chi connectivity index (χ0) is 15.2. The van der Waals surface area contributed by atoms with Crippen LogP contribution < -0.4 is 10.1 Å². The molecule has 0 unspecified atom stereocenters. The van der Waals surface area contributed by atoms with Crippen molar-refractivity contribution in [2.24, 2.45) is 0 Å². The van der Waals surface area contributed by atoms with E-state index in [1.165, 1.54) is 0 Å². The standard InChI is InChI=1S/C16H17BrN2O2/c1-11-7-8-13(9-18-11)10-19-16(20)12(2)21-15-6-4-3-5-14(15)17/h3-9,12H,10H2,1-2H3,(H,19,20)/t12-/m1/s1. The van der Waals surface area contributed by atoms with Crippen LogP contribution in [0, 0.1) is 6.92 Å². The van der Waals surface area contributed by atoms with E-state index in [4.69, 9.17) is 4.74 Å². The predicted molar refractivity (Wildman–Crippen MR) is 85.1 cm³/mol. The van der Waals surface area contributed by atoms with E-state index in [2.05, 4.69) is 26.2 Å². The van der Waals surface area contributed by atoms with Crippen LogP contribution in [0.3, 0.4) is 0 Å². The predicted octanol–water partition coefficient (Wildman–Crippen LogP) is 3.24. The highest BCUT2D eigenvalue weighted by Crippen LogP contribution is 2.24. The van der Waals surface area contributed by atoms with Crippen molar-refractivity contribution in [2.75, 3.05) is 0 Å². The third-order valence-electron chi connectivity index (χ3n) is 2.95. The fourth-order valence-electron chi connectivity index (χ4n) is 1.72. The Morgan fingerprint density at radius 1 is 1.33 bits per heavy atom. The first-order chi connectivity index (χ1) is 10.1. The van der Waals surface area contributed by atoms with Crippen LogP contribution in [0.2, 0.25) is 0 Å². The topological polar surface area (TPSA) is 51.2 Å². The van der Waals surface area contributed by atoms with Gasteiger partial charge in [0.1, 0.15) is 5.75 Å². The lowest BCUT2D eigenvalue weighted by Gasteiger charge is -2.15. The summed E-state index contributed by atoms with van der Waals surface area (Å²) in [7, 11) is 0. The summed E-state index contributed by atoms with van der Waals surface area (Å²) in [6.07, 6.45) is 1.19. The first-order valence-electron chi connectivity index (χ1n) is 6.66. The molecule has 1 aromatic carbocycles. The van der Waals surface area contributed by atoms with Crippen LogP contribution in [0.15, 0.2) is 47.1 Å². The minimum Gasteiger partial charge on any atom is -0.480 e. The van der Waals surface area contributed by atoms with Crippen LogP contribution in [0.4, 0.5) is 0 Å². The van der Waals surface area contributed by atoms with E-state index in [9.17, 15) is 4.79 Å². The lowest BCUT2D eigenvalue weighted by atomic mass is 10.2. The molecular formula is C16H17BrN2O2. The van der Waals surface area contributed by atoms with Gasteiger partial charge < -0.3 is 10.1 Å². The van der Waals surface area contributed by atoms with Gasteiger partial charge in [0, 0.05) is 18.4 Å². The number of aryl methyl sites for hydroxylation is 1. The van der Waals surface area contributed by atoms with Gasteiger partial charge in [-0.05, 0) is 53.5 Å². The van der Waals surface area contributed by atoms with E-state index in [1.54, 1.807) is 13.1 Å². The van der Waals surface area contributed by atoms with Gasteiger partial charge in [0.25, 0.3) is 5.91 Å². The van der Waals surface area contributed by atoms with Crippen molar-refractivity contribution >= 4 is 21.8 Å². The number of halogens is 1. The second-order valence-corrected chi connectivity index (χ2v) is 5.57. The smallest absolute Gasteiger partial charge is 0.261 e. The second-order valence-electron chi connectivity index (χ2n) is 4.72. The molecule has 0 saturated carbocycles. The third-order valence-corrected chi connectivity index (χ3v) is 3.60. The van der Waals surface area contributed by atoms with E-state index < -0.39 is 6.10 Å². The number of hydrogen-bond acceptors (Lipinski definition) is 3. The number of benzene rings is 1. The average Bonchev–Trinajstić information content (AvgIpc) is 2.48. The molecule has 0 aliphatic rings. The Balaban J connectivity index is 1.88. The summed E-state index contributed by atoms with van der Waals surface area (Å²) in [5, 5.41) is 2.84. The molecule has 0 aliphatic carbocycles. The number of carbonyl (C=O) groups excluding carboxylic acids is 1. The molecule has 0 spiro atoms. The SMILES string of the molecule is Cc1ccc(CNC(=O)[C@@H](C)Oc2ccccc2Br)cn1. The molecule has 1 N–H and O–H groups in total. The number of nitrogens with one attached hydrogen (secondary N) is 1. The number of amides is 1. The molecule has 2 aromatic rings. The molecule has 1 amide bonds. The molecule has 2 rings (SSSR count). The number of aromatic nitrogens is 1. The second kappa shape index (κ2) is 7.22. The molecule has 0 bridgehead atoms. The van der Waals surface area contributed by atoms with E-state index in [1.807, 2.05) is 43.3 Å². The van der Waals surface area contributed by atoms with Crippen LogP contribution in [0.1, 0.15) is 18.2 Å². The molecular weight excluding hydrogens is 332 g/mol. The van der Waals surface area contributed by atoms with E-state index in [0.717, 1.165) is 15.7 Å². The molecule has 110 valence electrons. The van der Waals surface area contributed by atoms with Crippen molar-refractivity contribution in [3.63, 3.8) is 0 Å². The minimum atomic E-state index is -0.567. The number of carbonyl (C=O) groups is 1. The van der Waals surface area contributed by atoms with Gasteiger partial charge in [-0.2, -0.15) is 0 Å². The van der Waals surface area contributed by atoms with Gasteiger partial charge in [-0.3, -0.25) is 9.78 Å². The first-order valence-corrected chi connectivity index (χ1v) is 7.46. The normalized spacial score (nSPS) is 11.8. The highest BCUT2D eigenvalue weighted by molar-refractivity contribution is 9.10. The fourth-order valence-corrected chi connectivity index (χ4v) is 2.10. The van der Waals surface area contributed by atoms with E-state index in [0.29, 0.717) is 12.3 Å². The van der Waals surface area contributed by atoms with E-state index in [-0.39, 0.29) is 5.91 Å². The largest absolute Gasteiger partial charge is 0.480 e. The van der Waals surface area contributed by atoms with E-state index >= 15 is 0 Å². The number of para-hydroxylation sites is 1. The quantitative estimate of drug-likeness (QED) is 0.902. The summed E-state index contributed by atoms with van der Waals surface area (Å²) >= 11 is 3.39. The van der Waals surface area contributed by atoms with Gasteiger partial charge in [-0.1, -0.05) is 18.2 Å². The van der Waals surface area contributed by atoms with Crippen LogP contribution in [0.25, 0.3) is 0 Å². The van der Waals surface area contributed by atoms with Crippen molar-refractivity contribution in [1.82, 2.24) is 10.3 Å². The molecule has 1 heterocycles. The molecule has 0 radical (unpaired) electrons. The molecule has 1 aromatic heterocycles. The maximum absolute atomic E-state index is 12.0. The van der Waals surface area contributed by atoms with Gasteiger partial charge >= 0.3 is 0 Å². The van der Waals surface area contributed by atoms with Gasteiger partial charge in [0.2, 0.25) is 0 Å². The summed E-state index contributed by atoms with van der Waals surface area (Å²) in [5.41, 5.74) is 1.91. The fraction of sp³-hybridized carbons (Fsp3) is 0.250.